The summed E-state index contributed by atoms with van der Waals surface area (Å²) in [4.78, 5) is 0. The van der Waals surface area contributed by atoms with Gasteiger partial charge in [-0.25, -0.2) is 0 Å². The molecule has 0 aromatic heterocycles. The first kappa shape index (κ1) is 43.4. The Balaban J connectivity index is 0. The molecule has 0 atom stereocenters. The fourth-order valence-corrected chi connectivity index (χ4v) is 0. The van der Waals surface area contributed by atoms with E-state index in [-0.39, 0.29) is 95.7 Å². The normalized spacial score (nSPS) is 0. The fourth-order valence-electron chi connectivity index (χ4n) is 0. The minimum atomic E-state index is 0. The molecule has 35 valence electrons. The van der Waals surface area contributed by atoms with Gasteiger partial charge in [0.2, 0.25) is 0 Å². The minimum Gasteiger partial charge on any atom is 0 e. The molecule has 0 aromatic carbocycles. The summed E-state index contributed by atoms with van der Waals surface area (Å²) in [6.45, 7) is 0. The van der Waals surface area contributed by atoms with Gasteiger partial charge >= 0.3 is 0 Å². The first-order chi connectivity index (χ1) is 0. The van der Waals surface area contributed by atoms with Gasteiger partial charge in [-0.3, -0.25) is 0 Å². The molecule has 0 bridgehead atoms. The third kappa shape index (κ3) is 19.4. The quantitative estimate of drug-likeness (QED) is 0.516. The van der Waals surface area contributed by atoms with E-state index in [1.165, 1.54) is 0 Å². The van der Waals surface area contributed by atoms with Gasteiger partial charge in [-0.15, -0.1) is 0 Å². The average molecular weight is 361 g/mol. The average Bonchev–Trinajstić information content (AvgIpc) is 0. The van der Waals surface area contributed by atoms with Crippen LogP contribution in [0.4, 0.5) is 0 Å². The predicted molar refractivity (Wildman–Crippen MR) is 5.75 cm³/mol. The molecule has 0 rings (SSSR count). The molecule has 0 unspecified atom stereocenters. The van der Waals surface area contributed by atoms with E-state index in [2.05, 4.69) is 0 Å². The summed E-state index contributed by atoms with van der Waals surface area (Å²) in [5, 5.41) is 0. The van der Waals surface area contributed by atoms with E-state index >= 15 is 0 Å². The van der Waals surface area contributed by atoms with Crippen LogP contribution in [-0.4, -0.2) is 25.8 Å². The monoisotopic (exact) mass is 359 g/mol. The number of hydrogen-bond donors (Lipinski definition) is 0. The molecular weight excluding hydrogens is 361 g/mol. The van der Waals surface area contributed by atoms with Crippen LogP contribution >= 0.6 is 0 Å². The van der Waals surface area contributed by atoms with Crippen LogP contribution in [0.25, 0.3) is 0 Å². The molecule has 0 fully saturated rings. The predicted octanol–water partition coefficient (Wildman–Crippen LogP) is -0.391. The molecule has 0 aromatic rings. The van der Waals surface area contributed by atoms with Crippen molar-refractivity contribution in [2.75, 3.05) is 0 Å². The molecule has 0 aliphatic rings. The number of rotatable bonds is 0. The van der Waals surface area contributed by atoms with Gasteiger partial charge in [0.05, 0.1) is 0 Å². The van der Waals surface area contributed by atoms with Crippen molar-refractivity contribution >= 4 is 25.8 Å². The van der Waals surface area contributed by atoms with Gasteiger partial charge in [0.25, 0.3) is 0 Å². The largest absolute Gasteiger partial charge is 0 e. The zero-order chi connectivity index (χ0) is 0. The van der Waals surface area contributed by atoms with E-state index < -0.39 is 0 Å². The fraction of sp³-hybridized carbons (Fsp3) is 0. The van der Waals surface area contributed by atoms with Crippen LogP contribution in [0.2, 0.25) is 0 Å². The van der Waals surface area contributed by atoms with Crippen molar-refractivity contribution in [1.82, 2.24) is 0 Å². The van der Waals surface area contributed by atoms with Gasteiger partial charge in [0, 0.05) is 95.7 Å². The van der Waals surface area contributed by atoms with Gasteiger partial charge in [0.1, 0.15) is 0 Å². The standard InChI is InChI=1S/Co.Cu.In.Ni.Zn. The first-order valence-corrected chi connectivity index (χ1v) is 0. The molecule has 0 aliphatic carbocycles. The Labute approximate surface area is 94.1 Å². The van der Waals surface area contributed by atoms with Crippen LogP contribution in [0.15, 0.2) is 0 Å². The summed E-state index contributed by atoms with van der Waals surface area (Å²) in [5.41, 5.74) is 0. The van der Waals surface area contributed by atoms with E-state index in [1.54, 1.807) is 0 Å². The van der Waals surface area contributed by atoms with Crippen LogP contribution in [-0.2, 0) is 69.8 Å². The first-order valence-electron chi connectivity index (χ1n) is 0. The van der Waals surface area contributed by atoms with Gasteiger partial charge in [-0.2, -0.15) is 0 Å². The summed E-state index contributed by atoms with van der Waals surface area (Å²) in [5.74, 6) is 0. The second kappa shape index (κ2) is 27.9. The molecule has 5 heavy (non-hydrogen) atoms. The maximum absolute atomic E-state index is 0. The Morgan fingerprint density at radius 3 is 1.00 bits per heavy atom. The Morgan fingerprint density at radius 2 is 1.00 bits per heavy atom. The Bertz CT molecular complexity index is 11.6. The Kier molecular flexibility index (Phi) is 243. The summed E-state index contributed by atoms with van der Waals surface area (Å²) < 4.78 is 0. The van der Waals surface area contributed by atoms with Crippen LogP contribution < -0.4 is 0 Å². The molecule has 5 heteroatoms. The second-order valence-electron chi connectivity index (χ2n) is 0. The van der Waals surface area contributed by atoms with Crippen LogP contribution in [0.5, 0.6) is 0 Å². The third-order valence-electron chi connectivity index (χ3n) is 0. The van der Waals surface area contributed by atoms with Gasteiger partial charge in [0.15, 0.2) is 0 Å². The third-order valence-corrected chi connectivity index (χ3v) is 0. The zero-order valence-corrected chi connectivity index (χ0v) is 11.5. The zero-order valence-electron chi connectivity index (χ0n) is 2.24. The van der Waals surface area contributed by atoms with Crippen molar-refractivity contribution in [3.63, 3.8) is 0 Å². The Morgan fingerprint density at radius 1 is 1.00 bits per heavy atom. The maximum atomic E-state index is 0. The van der Waals surface area contributed by atoms with Gasteiger partial charge in [-0.05, 0) is 0 Å². The van der Waals surface area contributed by atoms with Crippen molar-refractivity contribution < 1.29 is 69.8 Å². The molecule has 0 nitrogen and oxygen atoms in total. The van der Waals surface area contributed by atoms with E-state index in [0.29, 0.717) is 0 Å². The molecule has 0 aliphatic heterocycles. The van der Waals surface area contributed by atoms with Gasteiger partial charge < -0.3 is 0 Å². The maximum Gasteiger partial charge on any atom is 0 e. The molecule has 0 saturated heterocycles. The molecular formula is CoCuInNiZn. The van der Waals surface area contributed by atoms with E-state index in [4.69, 9.17) is 0 Å². The van der Waals surface area contributed by atoms with Crippen molar-refractivity contribution in [2.45, 2.75) is 0 Å². The molecule has 0 heterocycles. The summed E-state index contributed by atoms with van der Waals surface area (Å²) >= 11 is 0. The van der Waals surface area contributed by atoms with Crippen LogP contribution in [0.1, 0.15) is 0 Å². The van der Waals surface area contributed by atoms with Crippen molar-refractivity contribution in [1.29, 1.82) is 0 Å². The van der Waals surface area contributed by atoms with E-state index in [9.17, 15) is 0 Å². The molecule has 0 amide bonds. The smallest absolute Gasteiger partial charge is 0 e. The molecule has 0 spiro atoms. The number of hydrogen-bond acceptors (Lipinski definition) is 0. The molecule has 5 radical (unpaired) electrons. The Hall–Kier alpha value is 3.01. The summed E-state index contributed by atoms with van der Waals surface area (Å²) in [7, 11) is 0. The van der Waals surface area contributed by atoms with Crippen molar-refractivity contribution in [3.05, 3.63) is 0 Å². The minimum absolute atomic E-state index is 0. The topological polar surface area (TPSA) is 0 Å². The van der Waals surface area contributed by atoms with Crippen LogP contribution in [0.3, 0.4) is 0 Å². The molecule has 0 saturated carbocycles. The summed E-state index contributed by atoms with van der Waals surface area (Å²) in [6, 6.07) is 0. The van der Waals surface area contributed by atoms with E-state index in [1.807, 2.05) is 0 Å². The van der Waals surface area contributed by atoms with Crippen LogP contribution in [0, 0.1) is 0 Å². The second-order valence-corrected chi connectivity index (χ2v) is 0. The summed E-state index contributed by atoms with van der Waals surface area (Å²) in [6.07, 6.45) is 0. The SMILES string of the molecule is [Co].[Cu].[In].[Ni].[Zn]. The van der Waals surface area contributed by atoms with Gasteiger partial charge in [-0.1, -0.05) is 0 Å². The molecule has 0 N–H and O–H groups in total. The van der Waals surface area contributed by atoms with E-state index in [0.717, 1.165) is 0 Å². The van der Waals surface area contributed by atoms with Crippen molar-refractivity contribution in [3.8, 4) is 0 Å². The van der Waals surface area contributed by atoms with Crippen molar-refractivity contribution in [2.24, 2.45) is 0 Å².